The number of ketones is 1. The zero-order valence-electron chi connectivity index (χ0n) is 14.1. The molecule has 0 heterocycles. The van der Waals surface area contributed by atoms with E-state index in [1.807, 2.05) is 0 Å². The summed E-state index contributed by atoms with van der Waals surface area (Å²) >= 11 is 0. The van der Waals surface area contributed by atoms with Crippen LogP contribution in [0.25, 0.3) is 0 Å². The predicted molar refractivity (Wildman–Crippen MR) is 92.5 cm³/mol. The van der Waals surface area contributed by atoms with Crippen LogP contribution in [0, 0.1) is 21.7 Å². The van der Waals surface area contributed by atoms with E-state index in [0.717, 1.165) is 18.2 Å². The maximum atomic E-state index is 13.1. The number of anilines is 1. The third-order valence-electron chi connectivity index (χ3n) is 3.58. The van der Waals surface area contributed by atoms with Crippen molar-refractivity contribution < 1.29 is 28.0 Å². The molecule has 0 saturated heterocycles. The molecule has 1 N–H and O–H groups in total. The van der Waals surface area contributed by atoms with Gasteiger partial charge >= 0.3 is 5.97 Å². The zero-order valence-corrected chi connectivity index (χ0v) is 14.1. The molecule has 0 radical (unpaired) electrons. The number of esters is 1. The number of nitro groups is 1. The third kappa shape index (κ3) is 5.84. The number of hydrogen-bond acceptors (Lipinski definition) is 6. The first-order valence-corrected chi connectivity index (χ1v) is 7.99. The van der Waals surface area contributed by atoms with Crippen molar-refractivity contribution in [2.24, 2.45) is 0 Å². The largest absolute Gasteiger partial charge is 0.457 e. The van der Waals surface area contributed by atoms with Crippen molar-refractivity contribution in [2.45, 2.75) is 12.8 Å². The lowest BCUT2D eigenvalue weighted by Crippen LogP contribution is -2.15. The van der Waals surface area contributed by atoms with E-state index in [1.54, 1.807) is 18.2 Å². The summed E-state index contributed by atoms with van der Waals surface area (Å²) in [5, 5.41) is 13.7. The molecule has 0 spiro atoms. The van der Waals surface area contributed by atoms with E-state index in [9.17, 15) is 28.5 Å². The molecule has 2 rings (SSSR count). The van der Waals surface area contributed by atoms with Gasteiger partial charge in [0.15, 0.2) is 24.0 Å². The Labute approximate surface area is 153 Å². The highest BCUT2D eigenvalue weighted by Gasteiger charge is 2.14. The molecular formula is C18H16F2N2O5. The molecule has 0 aromatic heterocycles. The number of carbonyl (C=O) groups is 2. The van der Waals surface area contributed by atoms with Gasteiger partial charge in [0.05, 0.1) is 4.92 Å². The second kappa shape index (κ2) is 9.37. The Hall–Kier alpha value is -3.36. The van der Waals surface area contributed by atoms with Gasteiger partial charge in [-0.2, -0.15) is 0 Å². The van der Waals surface area contributed by atoms with Crippen molar-refractivity contribution in [3.8, 4) is 0 Å². The molecule has 0 saturated carbocycles. The highest BCUT2D eigenvalue weighted by Crippen LogP contribution is 2.23. The minimum absolute atomic E-state index is 0.0152. The van der Waals surface area contributed by atoms with Gasteiger partial charge in [0.2, 0.25) is 0 Å². The Morgan fingerprint density at radius 1 is 1.11 bits per heavy atom. The smallest absolute Gasteiger partial charge is 0.306 e. The highest BCUT2D eigenvalue weighted by atomic mass is 19.2. The Kier molecular flexibility index (Phi) is 6.93. The topological polar surface area (TPSA) is 98.5 Å². The van der Waals surface area contributed by atoms with Crippen molar-refractivity contribution in [3.63, 3.8) is 0 Å². The maximum absolute atomic E-state index is 13.1. The SMILES string of the molecule is O=C(CCCNc1ccccc1[N+](=O)[O-])OCC(=O)c1ccc(F)c(F)c1. The highest BCUT2D eigenvalue weighted by molar-refractivity contribution is 5.97. The summed E-state index contributed by atoms with van der Waals surface area (Å²) in [6.45, 7) is -0.293. The normalized spacial score (nSPS) is 10.3. The Morgan fingerprint density at radius 3 is 2.56 bits per heavy atom. The molecule has 0 bridgehead atoms. The van der Waals surface area contributed by atoms with Gasteiger partial charge in [-0.05, 0) is 30.7 Å². The van der Waals surface area contributed by atoms with E-state index in [1.165, 1.54) is 6.07 Å². The van der Waals surface area contributed by atoms with Gasteiger partial charge < -0.3 is 10.1 Å². The van der Waals surface area contributed by atoms with Crippen LogP contribution < -0.4 is 5.32 Å². The fourth-order valence-electron chi connectivity index (χ4n) is 2.21. The molecule has 0 atom stereocenters. The molecule has 0 fully saturated rings. The van der Waals surface area contributed by atoms with E-state index in [4.69, 9.17) is 4.74 Å². The Morgan fingerprint density at radius 2 is 1.85 bits per heavy atom. The first-order valence-electron chi connectivity index (χ1n) is 7.99. The van der Waals surface area contributed by atoms with Gasteiger partial charge in [0.1, 0.15) is 5.69 Å². The van der Waals surface area contributed by atoms with Crippen LogP contribution in [0.1, 0.15) is 23.2 Å². The number of benzene rings is 2. The molecular weight excluding hydrogens is 362 g/mol. The van der Waals surface area contributed by atoms with Crippen LogP contribution in [0.5, 0.6) is 0 Å². The van der Waals surface area contributed by atoms with Crippen LogP contribution in [-0.2, 0) is 9.53 Å². The minimum atomic E-state index is -1.16. The van der Waals surface area contributed by atoms with Crippen molar-refractivity contribution in [1.82, 2.24) is 0 Å². The van der Waals surface area contributed by atoms with E-state index < -0.39 is 34.9 Å². The summed E-state index contributed by atoms with van der Waals surface area (Å²) < 4.78 is 30.7. The molecule has 7 nitrogen and oxygen atoms in total. The lowest BCUT2D eigenvalue weighted by Gasteiger charge is -2.07. The van der Waals surface area contributed by atoms with Crippen LogP contribution in [0.2, 0.25) is 0 Å². The fraction of sp³-hybridized carbons (Fsp3) is 0.222. The van der Waals surface area contributed by atoms with Crippen LogP contribution in [-0.4, -0.2) is 29.8 Å². The maximum Gasteiger partial charge on any atom is 0.306 e. The van der Waals surface area contributed by atoms with Gasteiger partial charge in [-0.15, -0.1) is 0 Å². The second-order valence-electron chi connectivity index (χ2n) is 5.52. The van der Waals surface area contributed by atoms with Crippen molar-refractivity contribution in [1.29, 1.82) is 0 Å². The number of nitro benzene ring substituents is 1. The number of nitrogens with one attached hydrogen (secondary N) is 1. The molecule has 0 aliphatic rings. The number of rotatable bonds is 9. The van der Waals surface area contributed by atoms with Crippen molar-refractivity contribution in [2.75, 3.05) is 18.5 Å². The first-order chi connectivity index (χ1) is 12.9. The van der Waals surface area contributed by atoms with Crippen LogP contribution >= 0.6 is 0 Å². The van der Waals surface area contributed by atoms with E-state index in [2.05, 4.69) is 5.32 Å². The first kappa shape index (κ1) is 20.0. The summed E-state index contributed by atoms with van der Waals surface area (Å²) in [7, 11) is 0. The molecule has 142 valence electrons. The molecule has 0 amide bonds. The zero-order chi connectivity index (χ0) is 19.8. The summed E-state index contributed by atoms with van der Waals surface area (Å²) in [5.41, 5.74) is 0.168. The van der Waals surface area contributed by atoms with Crippen LogP contribution in [0.4, 0.5) is 20.2 Å². The summed E-state index contributed by atoms with van der Waals surface area (Å²) in [4.78, 5) is 33.8. The van der Waals surface area contributed by atoms with Crippen LogP contribution in [0.3, 0.4) is 0 Å². The van der Waals surface area contributed by atoms with Gasteiger partial charge in [-0.25, -0.2) is 8.78 Å². The Bertz CT molecular complexity index is 857. The summed E-state index contributed by atoms with van der Waals surface area (Å²) in [5.74, 6) is -3.53. The lowest BCUT2D eigenvalue weighted by molar-refractivity contribution is -0.384. The average molecular weight is 378 g/mol. The third-order valence-corrected chi connectivity index (χ3v) is 3.58. The van der Waals surface area contributed by atoms with E-state index in [0.29, 0.717) is 12.1 Å². The molecule has 9 heteroatoms. The lowest BCUT2D eigenvalue weighted by atomic mass is 10.1. The Balaban J connectivity index is 1.73. The number of ether oxygens (including phenoxy) is 1. The molecule has 0 unspecified atom stereocenters. The molecule has 2 aromatic carbocycles. The number of carbonyl (C=O) groups excluding carboxylic acids is 2. The molecule has 0 aliphatic heterocycles. The number of nitrogens with zero attached hydrogens (tertiary/aromatic N) is 1. The fourth-order valence-corrected chi connectivity index (χ4v) is 2.21. The predicted octanol–water partition coefficient (Wildman–Crippen LogP) is 3.49. The number of para-hydroxylation sites is 2. The number of Topliss-reactive ketones (excluding diaryl/α,β-unsaturated/α-hetero) is 1. The van der Waals surface area contributed by atoms with Gasteiger partial charge in [0, 0.05) is 24.6 Å². The standard InChI is InChI=1S/C18H16F2N2O5/c19-13-8-7-12(10-14(13)20)17(23)11-27-18(24)6-3-9-21-15-4-1-2-5-16(15)22(25)26/h1-2,4-5,7-8,10,21H,3,6,9,11H2. The minimum Gasteiger partial charge on any atom is -0.457 e. The van der Waals surface area contributed by atoms with E-state index >= 15 is 0 Å². The van der Waals surface area contributed by atoms with Gasteiger partial charge in [-0.3, -0.25) is 19.7 Å². The quantitative estimate of drug-likeness (QED) is 0.236. The second-order valence-corrected chi connectivity index (χ2v) is 5.52. The molecule has 0 aliphatic carbocycles. The number of halogens is 2. The van der Waals surface area contributed by atoms with Crippen molar-refractivity contribution in [3.05, 3.63) is 69.8 Å². The molecule has 27 heavy (non-hydrogen) atoms. The van der Waals surface area contributed by atoms with Crippen molar-refractivity contribution >= 4 is 23.1 Å². The van der Waals surface area contributed by atoms with Gasteiger partial charge in [0.25, 0.3) is 5.69 Å². The van der Waals surface area contributed by atoms with E-state index in [-0.39, 0.29) is 24.2 Å². The van der Waals surface area contributed by atoms with Crippen LogP contribution in [0.15, 0.2) is 42.5 Å². The summed E-state index contributed by atoms with van der Waals surface area (Å²) in [6.07, 6.45) is 0.308. The molecule has 2 aromatic rings. The number of hydrogen-bond donors (Lipinski definition) is 1. The summed E-state index contributed by atoms with van der Waals surface area (Å²) in [6, 6.07) is 8.77. The van der Waals surface area contributed by atoms with Gasteiger partial charge in [-0.1, -0.05) is 12.1 Å². The average Bonchev–Trinajstić information content (AvgIpc) is 2.65. The monoisotopic (exact) mass is 378 g/mol.